The van der Waals surface area contributed by atoms with Gasteiger partial charge < -0.3 is 13.7 Å². The Hall–Kier alpha value is -6.62. The van der Waals surface area contributed by atoms with Crippen LogP contribution in [0, 0.1) is 0 Å². The van der Waals surface area contributed by atoms with Gasteiger partial charge in [-0.05, 0) is 89.5 Å². The third kappa shape index (κ3) is 4.51. The highest BCUT2D eigenvalue weighted by atomic mass is 32.1. The number of para-hydroxylation sites is 3. The Bertz CT molecular complexity index is 3090. The number of benzene rings is 8. The summed E-state index contributed by atoms with van der Waals surface area (Å²) in [7, 11) is 0. The van der Waals surface area contributed by atoms with Crippen LogP contribution in [-0.2, 0) is 0 Å². The predicted molar refractivity (Wildman–Crippen MR) is 219 cm³/mol. The maximum absolute atomic E-state index is 6.60. The summed E-state index contributed by atoms with van der Waals surface area (Å²) in [4.78, 5) is 2.30. The highest BCUT2D eigenvalue weighted by molar-refractivity contribution is 7.25. The van der Waals surface area contributed by atoms with Crippen LogP contribution in [0.5, 0.6) is 0 Å². The van der Waals surface area contributed by atoms with Crippen LogP contribution in [0.3, 0.4) is 0 Å². The number of rotatable bonds is 5. The Morgan fingerprint density at radius 1 is 0.385 bits per heavy atom. The van der Waals surface area contributed by atoms with Gasteiger partial charge in [0, 0.05) is 53.3 Å². The Morgan fingerprint density at radius 3 is 1.90 bits per heavy atom. The van der Waals surface area contributed by atoms with E-state index in [1.165, 1.54) is 20.2 Å². The normalized spacial score (nSPS) is 11.8. The maximum Gasteiger partial charge on any atom is 0.143 e. The summed E-state index contributed by atoms with van der Waals surface area (Å²) in [5.41, 5.74) is 11.3. The molecule has 11 rings (SSSR count). The van der Waals surface area contributed by atoms with E-state index in [1.54, 1.807) is 0 Å². The van der Waals surface area contributed by atoms with Gasteiger partial charge in [0.2, 0.25) is 0 Å². The molecular weight excluding hydrogens is 655 g/mol. The molecule has 11 aromatic rings. The second-order valence-corrected chi connectivity index (χ2v) is 14.4. The largest absolute Gasteiger partial charge is 0.456 e. The van der Waals surface area contributed by atoms with Crippen molar-refractivity contribution >= 4 is 92.4 Å². The van der Waals surface area contributed by atoms with Crippen LogP contribution in [0.25, 0.3) is 86.3 Å². The van der Waals surface area contributed by atoms with E-state index in [1.807, 2.05) is 11.3 Å². The van der Waals surface area contributed by atoms with Crippen LogP contribution < -0.4 is 4.90 Å². The third-order valence-corrected chi connectivity index (χ3v) is 11.4. The second kappa shape index (κ2) is 11.5. The molecule has 4 heteroatoms. The molecule has 3 heterocycles. The first-order valence-corrected chi connectivity index (χ1v) is 18.3. The lowest BCUT2D eigenvalue weighted by Gasteiger charge is -2.26. The van der Waals surface area contributed by atoms with Gasteiger partial charge in [-0.25, -0.2) is 0 Å². The summed E-state index contributed by atoms with van der Waals surface area (Å²) in [6.07, 6.45) is 0. The molecule has 3 aromatic heterocycles. The van der Waals surface area contributed by atoms with Gasteiger partial charge in [0.1, 0.15) is 22.3 Å². The molecular formula is C48H29NO2S. The number of fused-ring (bicyclic) bond motifs is 9. The zero-order valence-electron chi connectivity index (χ0n) is 27.9. The first kappa shape index (κ1) is 29.1. The van der Waals surface area contributed by atoms with E-state index < -0.39 is 0 Å². The first-order chi connectivity index (χ1) is 25.8. The smallest absolute Gasteiger partial charge is 0.143 e. The summed E-state index contributed by atoms with van der Waals surface area (Å²) >= 11 is 1.84. The quantitative estimate of drug-likeness (QED) is 0.181. The molecule has 244 valence electrons. The van der Waals surface area contributed by atoms with Crippen molar-refractivity contribution in [3.63, 3.8) is 0 Å². The molecule has 3 nitrogen and oxygen atoms in total. The molecule has 0 bridgehead atoms. The van der Waals surface area contributed by atoms with E-state index >= 15 is 0 Å². The molecule has 0 unspecified atom stereocenters. The minimum absolute atomic E-state index is 0.858. The number of nitrogens with zero attached hydrogens (tertiary/aromatic N) is 1. The topological polar surface area (TPSA) is 29.5 Å². The molecule has 0 N–H and O–H groups in total. The van der Waals surface area contributed by atoms with Crippen molar-refractivity contribution in [1.29, 1.82) is 0 Å². The number of hydrogen-bond donors (Lipinski definition) is 0. The van der Waals surface area contributed by atoms with Crippen molar-refractivity contribution < 1.29 is 8.83 Å². The zero-order valence-corrected chi connectivity index (χ0v) is 28.7. The highest BCUT2D eigenvalue weighted by Gasteiger charge is 2.20. The van der Waals surface area contributed by atoms with E-state index in [0.717, 1.165) is 83.2 Å². The second-order valence-electron chi connectivity index (χ2n) is 13.3. The average Bonchev–Trinajstić information content (AvgIpc) is 3.89. The van der Waals surface area contributed by atoms with Crippen molar-refractivity contribution in [2.24, 2.45) is 0 Å². The minimum atomic E-state index is 0.858. The monoisotopic (exact) mass is 683 g/mol. The maximum atomic E-state index is 6.60. The molecule has 52 heavy (non-hydrogen) atoms. The molecule has 0 saturated carbocycles. The van der Waals surface area contributed by atoms with Crippen LogP contribution in [0.2, 0.25) is 0 Å². The van der Waals surface area contributed by atoms with Crippen molar-refractivity contribution in [2.75, 3.05) is 4.90 Å². The Morgan fingerprint density at radius 2 is 1.06 bits per heavy atom. The molecule has 0 fully saturated rings. The molecule has 0 spiro atoms. The standard InChI is InChI=1S/C48H29NO2S/c1-3-11-33(12-4-1)49(34-13-5-2-6-14-34)41-18-10-19-43-47(41)39-25-21-31(28-44(39)50-43)30-23-26-42-40(27-30)38-17-9-16-35(48(38)51-42)32-22-24-37-36-15-7-8-20-45(36)52-46(37)29-32/h1-29H. The van der Waals surface area contributed by atoms with E-state index in [9.17, 15) is 0 Å². The molecule has 0 aliphatic carbocycles. The molecule has 0 amide bonds. The SMILES string of the molecule is c1ccc(N(c2ccccc2)c2cccc3oc4cc(-c5ccc6oc7c(-c8ccc9c(c8)sc8ccccc89)cccc7c6c5)ccc4c23)cc1. The van der Waals surface area contributed by atoms with Crippen molar-refractivity contribution in [2.45, 2.75) is 0 Å². The summed E-state index contributed by atoms with van der Waals surface area (Å²) in [5, 5.41) is 7.00. The number of thiophene rings is 1. The van der Waals surface area contributed by atoms with Crippen LogP contribution >= 0.6 is 11.3 Å². The van der Waals surface area contributed by atoms with E-state index in [0.29, 0.717) is 0 Å². The summed E-state index contributed by atoms with van der Waals surface area (Å²) in [6, 6.07) is 62.3. The summed E-state index contributed by atoms with van der Waals surface area (Å²) in [5.74, 6) is 0. The summed E-state index contributed by atoms with van der Waals surface area (Å²) < 4.78 is 15.8. The van der Waals surface area contributed by atoms with Crippen molar-refractivity contribution in [3.05, 3.63) is 176 Å². The van der Waals surface area contributed by atoms with Gasteiger partial charge in [-0.15, -0.1) is 11.3 Å². The van der Waals surface area contributed by atoms with Gasteiger partial charge in [0.15, 0.2) is 0 Å². The van der Waals surface area contributed by atoms with Crippen LogP contribution in [-0.4, -0.2) is 0 Å². The molecule has 8 aromatic carbocycles. The highest BCUT2D eigenvalue weighted by Crippen LogP contribution is 2.44. The molecule has 0 aliphatic heterocycles. The number of hydrogen-bond acceptors (Lipinski definition) is 4. The van der Waals surface area contributed by atoms with Gasteiger partial charge >= 0.3 is 0 Å². The number of anilines is 3. The van der Waals surface area contributed by atoms with Gasteiger partial charge in [0.05, 0.1) is 11.1 Å². The van der Waals surface area contributed by atoms with Crippen molar-refractivity contribution in [3.8, 4) is 22.3 Å². The lowest BCUT2D eigenvalue weighted by molar-refractivity contribution is 0.669. The molecule has 0 radical (unpaired) electrons. The Balaban J connectivity index is 1.02. The third-order valence-electron chi connectivity index (χ3n) is 10.3. The van der Waals surface area contributed by atoms with Crippen LogP contribution in [0.15, 0.2) is 185 Å². The van der Waals surface area contributed by atoms with Gasteiger partial charge in [-0.2, -0.15) is 0 Å². The van der Waals surface area contributed by atoms with Crippen LogP contribution in [0.4, 0.5) is 17.1 Å². The fourth-order valence-corrected chi connectivity index (χ4v) is 9.00. The number of furan rings is 2. The van der Waals surface area contributed by atoms with E-state index in [2.05, 4.69) is 181 Å². The lowest BCUT2D eigenvalue weighted by atomic mass is 9.99. The molecule has 0 atom stereocenters. The molecule has 0 aliphatic rings. The molecule has 0 saturated heterocycles. The first-order valence-electron chi connectivity index (χ1n) is 17.5. The van der Waals surface area contributed by atoms with E-state index in [4.69, 9.17) is 8.83 Å². The van der Waals surface area contributed by atoms with Gasteiger partial charge in [-0.1, -0.05) is 103 Å². The average molecular weight is 684 g/mol. The lowest BCUT2D eigenvalue weighted by Crippen LogP contribution is -2.09. The fraction of sp³-hybridized carbons (Fsp3) is 0. The van der Waals surface area contributed by atoms with Crippen LogP contribution in [0.1, 0.15) is 0 Å². The minimum Gasteiger partial charge on any atom is -0.456 e. The Labute approximate surface area is 303 Å². The van der Waals surface area contributed by atoms with Crippen molar-refractivity contribution in [1.82, 2.24) is 0 Å². The Kier molecular flexibility index (Phi) is 6.42. The predicted octanol–water partition coefficient (Wildman–Crippen LogP) is 14.7. The fourth-order valence-electron chi connectivity index (χ4n) is 7.85. The zero-order chi connectivity index (χ0) is 34.2. The summed E-state index contributed by atoms with van der Waals surface area (Å²) in [6.45, 7) is 0. The van der Waals surface area contributed by atoms with Gasteiger partial charge in [-0.3, -0.25) is 0 Å². The van der Waals surface area contributed by atoms with E-state index in [-0.39, 0.29) is 0 Å². The van der Waals surface area contributed by atoms with Gasteiger partial charge in [0.25, 0.3) is 0 Å².